The average molecular weight is 268 g/mol. The third kappa shape index (κ3) is 3.91. The molecule has 3 nitrogen and oxygen atoms in total. The molecule has 19 heavy (non-hydrogen) atoms. The molecule has 0 bridgehead atoms. The topological polar surface area (TPSA) is 32.3 Å². The quantitative estimate of drug-likeness (QED) is 0.914. The van der Waals surface area contributed by atoms with Crippen molar-refractivity contribution >= 4 is 11.6 Å². The van der Waals surface area contributed by atoms with Crippen molar-refractivity contribution in [1.29, 1.82) is 0 Å². The maximum atomic E-state index is 13.0. The fourth-order valence-electron chi connectivity index (χ4n) is 2.36. The average Bonchev–Trinajstić information content (AvgIpc) is 2.35. The lowest BCUT2D eigenvalue weighted by Gasteiger charge is -2.31. The number of likely N-dealkylation sites (tertiary alicyclic amines) is 1. The monoisotopic (exact) mass is 268 g/mol. The number of hydrogen-bond acceptors (Lipinski definition) is 2. The molecule has 1 N–H and O–H groups in total. The predicted octanol–water partition coefficient (Wildman–Crippen LogP) is 2.64. The molecule has 0 saturated carbocycles. The Kier molecular flexibility index (Phi) is 4.35. The molecular weight excluding hydrogens is 250 g/mol. The summed E-state index contributed by atoms with van der Waals surface area (Å²) in [5.41, 5.74) is 0.288. The van der Waals surface area contributed by atoms with E-state index in [1.54, 1.807) is 4.90 Å². The molecule has 0 aromatic heterocycles. The molecule has 104 valence electrons. The minimum atomic E-state index is -0.651. The van der Waals surface area contributed by atoms with Gasteiger partial charge in [-0.15, -0.1) is 0 Å². The van der Waals surface area contributed by atoms with Crippen LogP contribution in [0, 0.1) is 17.6 Å². The van der Waals surface area contributed by atoms with Gasteiger partial charge in [-0.3, -0.25) is 4.79 Å². The Labute approximate surface area is 111 Å². The van der Waals surface area contributed by atoms with Gasteiger partial charge in [-0.1, -0.05) is 6.92 Å². The van der Waals surface area contributed by atoms with E-state index in [-0.39, 0.29) is 18.1 Å². The van der Waals surface area contributed by atoms with Crippen LogP contribution in [0.1, 0.15) is 19.8 Å². The highest BCUT2D eigenvalue weighted by Crippen LogP contribution is 2.16. The molecule has 1 atom stereocenters. The first-order valence-electron chi connectivity index (χ1n) is 6.52. The molecule has 0 radical (unpaired) electrons. The van der Waals surface area contributed by atoms with Crippen LogP contribution in [-0.4, -0.2) is 30.4 Å². The molecule has 1 aromatic rings. The van der Waals surface area contributed by atoms with Gasteiger partial charge in [0.15, 0.2) is 0 Å². The van der Waals surface area contributed by atoms with Gasteiger partial charge >= 0.3 is 0 Å². The number of anilines is 1. The number of nitrogens with zero attached hydrogens (tertiary/aromatic N) is 1. The Morgan fingerprint density at radius 2 is 2.05 bits per heavy atom. The fourth-order valence-corrected chi connectivity index (χ4v) is 2.36. The Hall–Kier alpha value is -1.65. The number of carbonyl (C=O) groups is 1. The van der Waals surface area contributed by atoms with E-state index in [0.717, 1.165) is 32.0 Å². The molecule has 1 aliphatic rings. The third-order valence-corrected chi connectivity index (χ3v) is 3.32. The van der Waals surface area contributed by atoms with Gasteiger partial charge in [0.25, 0.3) is 0 Å². The second-order valence-electron chi connectivity index (χ2n) is 5.10. The van der Waals surface area contributed by atoms with E-state index in [1.165, 1.54) is 12.1 Å². The number of benzene rings is 1. The van der Waals surface area contributed by atoms with Crippen molar-refractivity contribution in [3.05, 3.63) is 29.8 Å². The summed E-state index contributed by atoms with van der Waals surface area (Å²) in [6, 6.07) is 3.16. The highest BCUT2D eigenvalue weighted by molar-refractivity contribution is 5.81. The van der Waals surface area contributed by atoms with Crippen molar-refractivity contribution in [3.63, 3.8) is 0 Å². The van der Waals surface area contributed by atoms with Crippen LogP contribution in [0.5, 0.6) is 0 Å². The van der Waals surface area contributed by atoms with Crippen LogP contribution in [0.2, 0.25) is 0 Å². The second kappa shape index (κ2) is 5.99. The molecule has 1 saturated heterocycles. The molecule has 1 fully saturated rings. The zero-order chi connectivity index (χ0) is 13.8. The molecule has 1 aliphatic heterocycles. The Morgan fingerprint density at radius 3 is 2.68 bits per heavy atom. The summed E-state index contributed by atoms with van der Waals surface area (Å²) >= 11 is 0. The third-order valence-electron chi connectivity index (χ3n) is 3.32. The van der Waals surface area contributed by atoms with Crippen LogP contribution in [0.4, 0.5) is 14.5 Å². The van der Waals surface area contributed by atoms with Crippen molar-refractivity contribution in [2.24, 2.45) is 5.92 Å². The van der Waals surface area contributed by atoms with Gasteiger partial charge in [-0.05, 0) is 30.9 Å². The summed E-state index contributed by atoms with van der Waals surface area (Å²) in [5, 5.41) is 2.77. The smallest absolute Gasteiger partial charge is 0.241 e. The summed E-state index contributed by atoms with van der Waals surface area (Å²) in [6.45, 7) is 3.71. The molecule has 1 heterocycles. The highest BCUT2D eigenvalue weighted by Gasteiger charge is 2.20. The van der Waals surface area contributed by atoms with E-state index < -0.39 is 11.6 Å². The number of nitrogens with one attached hydrogen (secondary N) is 1. The van der Waals surface area contributed by atoms with Crippen molar-refractivity contribution in [3.8, 4) is 0 Å². The standard InChI is InChI=1S/C14H18F2N2O/c1-10-3-2-4-18(9-10)14(19)8-17-13-6-11(15)5-12(16)7-13/h5-7,10,17H,2-4,8-9H2,1H3. The lowest BCUT2D eigenvalue weighted by Crippen LogP contribution is -2.41. The minimum absolute atomic E-state index is 0.0313. The summed E-state index contributed by atoms with van der Waals surface area (Å²) in [7, 11) is 0. The van der Waals surface area contributed by atoms with Gasteiger partial charge in [0.05, 0.1) is 6.54 Å². The van der Waals surface area contributed by atoms with E-state index in [4.69, 9.17) is 0 Å². The Bertz CT molecular complexity index is 445. The number of piperidine rings is 1. The minimum Gasteiger partial charge on any atom is -0.376 e. The maximum Gasteiger partial charge on any atom is 0.241 e. The molecule has 2 rings (SSSR count). The normalized spacial score (nSPS) is 19.3. The molecule has 1 unspecified atom stereocenters. The summed E-state index contributed by atoms with van der Waals surface area (Å²) in [5.74, 6) is -0.816. The van der Waals surface area contributed by atoms with Crippen LogP contribution >= 0.6 is 0 Å². The van der Waals surface area contributed by atoms with E-state index in [1.807, 2.05) is 0 Å². The van der Waals surface area contributed by atoms with E-state index >= 15 is 0 Å². The molecular formula is C14H18F2N2O. The van der Waals surface area contributed by atoms with Gasteiger partial charge in [0, 0.05) is 24.8 Å². The van der Waals surface area contributed by atoms with Crippen LogP contribution < -0.4 is 5.32 Å². The van der Waals surface area contributed by atoms with Crippen LogP contribution in [0.3, 0.4) is 0 Å². The van der Waals surface area contributed by atoms with Crippen molar-refractivity contribution < 1.29 is 13.6 Å². The van der Waals surface area contributed by atoms with Gasteiger partial charge in [0.1, 0.15) is 11.6 Å². The van der Waals surface area contributed by atoms with Crippen LogP contribution in [0.15, 0.2) is 18.2 Å². The first-order chi connectivity index (χ1) is 9.04. The Balaban J connectivity index is 1.89. The lowest BCUT2D eigenvalue weighted by atomic mass is 10.0. The summed E-state index contributed by atoms with van der Waals surface area (Å²) < 4.78 is 26.0. The SMILES string of the molecule is CC1CCCN(C(=O)CNc2cc(F)cc(F)c2)C1. The zero-order valence-corrected chi connectivity index (χ0v) is 11.0. The molecule has 1 aromatic carbocycles. The van der Waals surface area contributed by atoms with Crippen molar-refractivity contribution in [1.82, 2.24) is 4.90 Å². The first-order valence-corrected chi connectivity index (χ1v) is 6.52. The number of hydrogen-bond donors (Lipinski definition) is 1. The highest BCUT2D eigenvalue weighted by atomic mass is 19.1. The number of rotatable bonds is 3. The summed E-state index contributed by atoms with van der Waals surface area (Å²) in [6.07, 6.45) is 2.16. The fraction of sp³-hybridized carbons (Fsp3) is 0.500. The number of halogens is 2. The van der Waals surface area contributed by atoms with E-state index in [2.05, 4.69) is 12.2 Å². The van der Waals surface area contributed by atoms with E-state index in [0.29, 0.717) is 5.92 Å². The van der Waals surface area contributed by atoms with Crippen LogP contribution in [0.25, 0.3) is 0 Å². The largest absolute Gasteiger partial charge is 0.376 e. The van der Waals surface area contributed by atoms with Gasteiger partial charge in [0.2, 0.25) is 5.91 Å². The van der Waals surface area contributed by atoms with Gasteiger partial charge in [-0.25, -0.2) is 8.78 Å². The second-order valence-corrected chi connectivity index (χ2v) is 5.10. The molecule has 5 heteroatoms. The summed E-state index contributed by atoms with van der Waals surface area (Å²) in [4.78, 5) is 13.8. The van der Waals surface area contributed by atoms with Gasteiger partial charge < -0.3 is 10.2 Å². The molecule has 0 spiro atoms. The van der Waals surface area contributed by atoms with Gasteiger partial charge in [-0.2, -0.15) is 0 Å². The predicted molar refractivity (Wildman–Crippen MR) is 69.8 cm³/mol. The molecule has 1 amide bonds. The van der Waals surface area contributed by atoms with E-state index in [9.17, 15) is 13.6 Å². The Morgan fingerprint density at radius 1 is 1.37 bits per heavy atom. The lowest BCUT2D eigenvalue weighted by molar-refractivity contribution is -0.130. The van der Waals surface area contributed by atoms with Crippen molar-refractivity contribution in [2.75, 3.05) is 25.0 Å². The molecule has 0 aliphatic carbocycles. The zero-order valence-electron chi connectivity index (χ0n) is 11.0. The maximum absolute atomic E-state index is 13.0. The van der Waals surface area contributed by atoms with Crippen LogP contribution in [-0.2, 0) is 4.79 Å². The first kappa shape index (κ1) is 13.8. The van der Waals surface area contributed by atoms with Crippen molar-refractivity contribution in [2.45, 2.75) is 19.8 Å². The number of carbonyl (C=O) groups excluding carboxylic acids is 1. The number of amides is 1.